The number of aryl methyl sites for hydroxylation is 1. The van der Waals surface area contributed by atoms with Crippen LogP contribution in [0, 0.1) is 6.92 Å². The third-order valence-electron chi connectivity index (χ3n) is 5.22. The summed E-state index contributed by atoms with van der Waals surface area (Å²) in [4.78, 5) is 31.6. The van der Waals surface area contributed by atoms with Crippen LogP contribution in [0.15, 0.2) is 36.4 Å². The van der Waals surface area contributed by atoms with Crippen LogP contribution in [-0.2, 0) is 4.79 Å². The van der Waals surface area contributed by atoms with E-state index < -0.39 is 0 Å². The third-order valence-corrected chi connectivity index (χ3v) is 6.16. The lowest BCUT2D eigenvalue weighted by Gasteiger charge is -2.33. The molecule has 136 valence electrons. The van der Waals surface area contributed by atoms with Crippen molar-refractivity contribution in [2.45, 2.75) is 25.8 Å². The highest BCUT2D eigenvalue weighted by Crippen LogP contribution is 2.37. The molecule has 2 N–H and O–H groups in total. The van der Waals surface area contributed by atoms with Gasteiger partial charge in [-0.2, -0.15) is 0 Å². The van der Waals surface area contributed by atoms with E-state index in [1.165, 1.54) is 11.3 Å². The number of para-hydroxylation sites is 1. The number of amides is 2. The molecule has 3 heterocycles. The first-order valence-corrected chi connectivity index (χ1v) is 9.81. The fourth-order valence-electron chi connectivity index (χ4n) is 3.88. The molecule has 1 saturated heterocycles. The fraction of sp³-hybridized carbons (Fsp3) is 0.250. The quantitative estimate of drug-likeness (QED) is 0.712. The van der Waals surface area contributed by atoms with Gasteiger partial charge in [-0.1, -0.05) is 23.5 Å². The summed E-state index contributed by atoms with van der Waals surface area (Å²) in [5.41, 5.74) is 4.19. The Morgan fingerprint density at radius 3 is 3.07 bits per heavy atom. The van der Waals surface area contributed by atoms with Crippen molar-refractivity contribution in [3.8, 4) is 0 Å². The number of fused-ring (bicyclic) bond motifs is 4. The largest absolute Gasteiger partial charge is 0.358 e. The lowest BCUT2D eigenvalue weighted by Crippen LogP contribution is -2.43. The second kappa shape index (κ2) is 6.06. The van der Waals surface area contributed by atoms with Crippen molar-refractivity contribution >= 4 is 49.9 Å². The first kappa shape index (κ1) is 16.3. The van der Waals surface area contributed by atoms with Gasteiger partial charge in [-0.05, 0) is 49.6 Å². The van der Waals surface area contributed by atoms with E-state index in [1.807, 2.05) is 31.2 Å². The number of anilines is 3. The molecule has 27 heavy (non-hydrogen) atoms. The van der Waals surface area contributed by atoms with Crippen molar-refractivity contribution in [2.75, 3.05) is 22.1 Å². The second-order valence-corrected chi connectivity index (χ2v) is 8.00. The number of aromatic nitrogens is 1. The molecule has 2 amide bonds. The zero-order valence-electron chi connectivity index (χ0n) is 14.8. The number of benzene rings is 2. The van der Waals surface area contributed by atoms with Crippen LogP contribution in [0.25, 0.3) is 10.2 Å². The Morgan fingerprint density at radius 1 is 1.33 bits per heavy atom. The summed E-state index contributed by atoms with van der Waals surface area (Å²) in [6.45, 7) is 2.88. The number of nitrogens with one attached hydrogen (secondary N) is 2. The first-order valence-electron chi connectivity index (χ1n) is 8.99. The van der Waals surface area contributed by atoms with Gasteiger partial charge >= 0.3 is 0 Å². The second-order valence-electron chi connectivity index (χ2n) is 6.97. The molecular weight excluding hydrogens is 360 g/mol. The van der Waals surface area contributed by atoms with Crippen LogP contribution in [0.1, 0.15) is 28.8 Å². The Balaban J connectivity index is 1.43. The van der Waals surface area contributed by atoms with Crippen molar-refractivity contribution in [3.05, 3.63) is 47.5 Å². The van der Waals surface area contributed by atoms with Crippen LogP contribution in [0.3, 0.4) is 0 Å². The molecule has 0 saturated carbocycles. The third kappa shape index (κ3) is 2.66. The molecule has 0 spiro atoms. The highest BCUT2D eigenvalue weighted by atomic mass is 32.1. The fourth-order valence-corrected chi connectivity index (χ4v) is 4.82. The average Bonchev–Trinajstić information content (AvgIpc) is 3.29. The number of rotatable bonds is 2. The predicted octanol–water partition coefficient (Wildman–Crippen LogP) is 3.78. The average molecular weight is 378 g/mol. The van der Waals surface area contributed by atoms with Gasteiger partial charge in [0.15, 0.2) is 5.13 Å². The molecular formula is C20H18N4O2S. The van der Waals surface area contributed by atoms with Gasteiger partial charge in [0.2, 0.25) is 5.91 Å². The van der Waals surface area contributed by atoms with E-state index in [-0.39, 0.29) is 17.9 Å². The van der Waals surface area contributed by atoms with Crippen molar-refractivity contribution in [1.82, 2.24) is 4.98 Å². The Hall–Kier alpha value is -2.93. The van der Waals surface area contributed by atoms with Crippen LogP contribution < -0.4 is 15.5 Å². The van der Waals surface area contributed by atoms with Gasteiger partial charge in [0.1, 0.15) is 6.04 Å². The maximum atomic E-state index is 12.7. The maximum Gasteiger partial charge on any atom is 0.257 e. The minimum atomic E-state index is -0.229. The van der Waals surface area contributed by atoms with E-state index >= 15 is 0 Å². The number of nitrogens with zero attached hydrogens (tertiary/aromatic N) is 2. The minimum Gasteiger partial charge on any atom is -0.358 e. The molecule has 1 atom stereocenters. The summed E-state index contributed by atoms with van der Waals surface area (Å²) in [6.07, 6.45) is 1.89. The van der Waals surface area contributed by atoms with E-state index in [4.69, 9.17) is 0 Å². The molecule has 0 unspecified atom stereocenters. The van der Waals surface area contributed by atoms with Crippen LogP contribution >= 0.6 is 11.3 Å². The minimum absolute atomic E-state index is 0.0132. The summed E-state index contributed by atoms with van der Waals surface area (Å²) in [5, 5.41) is 6.40. The highest BCUT2D eigenvalue weighted by Gasteiger charge is 2.36. The normalized spacial score (nSPS) is 18.2. The van der Waals surface area contributed by atoms with Crippen molar-refractivity contribution < 1.29 is 9.59 Å². The lowest BCUT2D eigenvalue weighted by atomic mass is 10.1. The summed E-state index contributed by atoms with van der Waals surface area (Å²) in [5.74, 6) is -0.216. The molecule has 0 radical (unpaired) electrons. The van der Waals surface area contributed by atoms with Crippen LogP contribution in [0.5, 0.6) is 0 Å². The molecule has 1 fully saturated rings. The number of carbonyl (C=O) groups excluding carboxylic acids is 2. The maximum absolute atomic E-state index is 12.7. The zero-order valence-corrected chi connectivity index (χ0v) is 15.6. The monoisotopic (exact) mass is 378 g/mol. The molecule has 2 aliphatic rings. The van der Waals surface area contributed by atoms with Gasteiger partial charge in [0.05, 0.1) is 21.6 Å². The van der Waals surface area contributed by atoms with Crippen molar-refractivity contribution in [2.24, 2.45) is 0 Å². The summed E-state index contributed by atoms with van der Waals surface area (Å²) in [6, 6.07) is 11.4. The molecule has 2 aromatic carbocycles. The number of thiazole rings is 1. The van der Waals surface area contributed by atoms with Crippen LogP contribution in [-0.4, -0.2) is 29.4 Å². The molecule has 5 rings (SSSR count). The van der Waals surface area contributed by atoms with Crippen molar-refractivity contribution in [1.29, 1.82) is 0 Å². The summed E-state index contributed by atoms with van der Waals surface area (Å²) in [7, 11) is 0. The van der Waals surface area contributed by atoms with E-state index in [1.54, 1.807) is 12.1 Å². The summed E-state index contributed by atoms with van der Waals surface area (Å²) < 4.78 is 1.04. The predicted molar refractivity (Wildman–Crippen MR) is 108 cm³/mol. The van der Waals surface area contributed by atoms with Gasteiger partial charge in [-0.25, -0.2) is 4.98 Å². The molecule has 0 aliphatic carbocycles. The Labute approximate surface area is 160 Å². The van der Waals surface area contributed by atoms with Crippen LogP contribution in [0.2, 0.25) is 0 Å². The van der Waals surface area contributed by atoms with E-state index in [0.29, 0.717) is 16.4 Å². The standard InChI is InChI=1S/C20H18N4O2S/c1-11-4-2-6-16-17(11)22-20(27-16)23-18(25)12-7-8-14-13(10-12)21-19(26)15-5-3-9-24(14)15/h2,4,6-8,10,15H,3,5,9H2,1H3,(H,21,26)(H,22,23,25)/t15-/m0/s1. The number of hydrogen-bond acceptors (Lipinski definition) is 5. The topological polar surface area (TPSA) is 74.3 Å². The molecule has 0 bridgehead atoms. The van der Waals surface area contributed by atoms with Gasteiger partial charge in [0, 0.05) is 12.1 Å². The molecule has 6 nitrogen and oxygen atoms in total. The SMILES string of the molecule is Cc1cccc2sc(NC(=O)c3ccc4c(c3)NC(=O)[C@@H]3CCCN43)nc12. The van der Waals surface area contributed by atoms with E-state index in [9.17, 15) is 9.59 Å². The van der Waals surface area contributed by atoms with Gasteiger partial charge in [-0.15, -0.1) is 0 Å². The van der Waals surface area contributed by atoms with Crippen molar-refractivity contribution in [3.63, 3.8) is 0 Å². The molecule has 1 aromatic heterocycles. The number of carbonyl (C=O) groups is 2. The van der Waals surface area contributed by atoms with E-state index in [0.717, 1.165) is 40.9 Å². The first-order chi connectivity index (χ1) is 13.1. The Morgan fingerprint density at radius 2 is 2.22 bits per heavy atom. The molecule has 2 aliphatic heterocycles. The highest BCUT2D eigenvalue weighted by molar-refractivity contribution is 7.22. The van der Waals surface area contributed by atoms with Crippen LogP contribution in [0.4, 0.5) is 16.5 Å². The lowest BCUT2D eigenvalue weighted by molar-refractivity contribution is -0.117. The molecule has 3 aromatic rings. The zero-order chi connectivity index (χ0) is 18.5. The number of hydrogen-bond donors (Lipinski definition) is 2. The smallest absolute Gasteiger partial charge is 0.257 e. The van der Waals surface area contributed by atoms with Gasteiger partial charge in [-0.3, -0.25) is 14.9 Å². The Kier molecular flexibility index (Phi) is 3.65. The summed E-state index contributed by atoms with van der Waals surface area (Å²) >= 11 is 1.46. The Bertz CT molecular complexity index is 1090. The van der Waals surface area contributed by atoms with Gasteiger partial charge in [0.25, 0.3) is 5.91 Å². The van der Waals surface area contributed by atoms with Gasteiger partial charge < -0.3 is 10.2 Å². The van der Waals surface area contributed by atoms with E-state index in [2.05, 4.69) is 20.5 Å². The molecule has 7 heteroatoms.